The number of anilines is 1. The van der Waals surface area contributed by atoms with Crippen LogP contribution in [-0.2, 0) is 0 Å². The van der Waals surface area contributed by atoms with Gasteiger partial charge in [0.2, 0.25) is 0 Å². The van der Waals surface area contributed by atoms with Crippen LogP contribution in [0.25, 0.3) is 0 Å². The lowest BCUT2D eigenvalue weighted by Crippen LogP contribution is -2.26. The molecule has 72 valence electrons. The molecule has 0 aliphatic carbocycles. The highest BCUT2D eigenvalue weighted by molar-refractivity contribution is 9.09. The molecule has 0 N–H and O–H groups in total. The van der Waals surface area contributed by atoms with Gasteiger partial charge in [-0.15, -0.1) is 0 Å². The van der Waals surface area contributed by atoms with Crippen LogP contribution in [0.5, 0.6) is 0 Å². The van der Waals surface area contributed by atoms with Gasteiger partial charge in [0.05, 0.1) is 0 Å². The minimum Gasteiger partial charge on any atom is -0.356 e. The molecule has 13 heavy (non-hydrogen) atoms. The molecular formula is C10H15BrN2. The van der Waals surface area contributed by atoms with Gasteiger partial charge in [0.1, 0.15) is 5.82 Å². The van der Waals surface area contributed by atoms with Crippen LogP contribution in [0.4, 0.5) is 5.82 Å². The molecule has 0 amide bonds. The van der Waals surface area contributed by atoms with Crippen molar-refractivity contribution in [3.8, 4) is 0 Å². The summed E-state index contributed by atoms with van der Waals surface area (Å²) in [6.07, 6.45) is 1.85. The topological polar surface area (TPSA) is 16.1 Å². The summed E-state index contributed by atoms with van der Waals surface area (Å²) in [5, 5.41) is 0.983. The van der Waals surface area contributed by atoms with Gasteiger partial charge in [-0.05, 0) is 25.5 Å². The van der Waals surface area contributed by atoms with Crippen molar-refractivity contribution in [1.29, 1.82) is 0 Å². The quantitative estimate of drug-likeness (QED) is 0.755. The number of hydrogen-bond donors (Lipinski definition) is 0. The second-order valence-electron chi connectivity index (χ2n) is 2.91. The molecule has 1 rings (SSSR count). The first-order valence-electron chi connectivity index (χ1n) is 4.52. The number of aromatic nitrogens is 1. The second kappa shape index (κ2) is 5.22. The fourth-order valence-corrected chi connectivity index (χ4v) is 1.75. The van der Waals surface area contributed by atoms with E-state index in [1.165, 1.54) is 5.56 Å². The Morgan fingerprint density at radius 2 is 2.31 bits per heavy atom. The zero-order valence-electron chi connectivity index (χ0n) is 8.13. The van der Waals surface area contributed by atoms with Crippen LogP contribution in [0.3, 0.4) is 0 Å². The van der Waals surface area contributed by atoms with E-state index < -0.39 is 0 Å². The minimum absolute atomic E-state index is 0.983. The van der Waals surface area contributed by atoms with Crippen LogP contribution >= 0.6 is 15.9 Å². The van der Waals surface area contributed by atoms with Crippen LogP contribution in [0.2, 0.25) is 0 Å². The molecule has 0 bridgehead atoms. The summed E-state index contributed by atoms with van der Waals surface area (Å²) in [5.41, 5.74) is 1.24. The van der Waals surface area contributed by atoms with Gasteiger partial charge in [0.25, 0.3) is 0 Å². The smallest absolute Gasteiger partial charge is 0.131 e. The molecule has 0 spiro atoms. The van der Waals surface area contributed by atoms with Gasteiger partial charge >= 0.3 is 0 Å². The third kappa shape index (κ3) is 2.69. The molecule has 1 aromatic rings. The summed E-state index contributed by atoms with van der Waals surface area (Å²) in [4.78, 5) is 6.64. The van der Waals surface area contributed by atoms with E-state index in [4.69, 9.17) is 0 Å². The third-order valence-electron chi connectivity index (χ3n) is 2.02. The van der Waals surface area contributed by atoms with Crippen molar-refractivity contribution >= 4 is 21.7 Å². The minimum atomic E-state index is 0.983. The first kappa shape index (κ1) is 10.5. The van der Waals surface area contributed by atoms with Crippen molar-refractivity contribution in [1.82, 2.24) is 4.98 Å². The van der Waals surface area contributed by atoms with E-state index in [0.29, 0.717) is 0 Å². The lowest BCUT2D eigenvalue weighted by atomic mass is 10.2. The SMILES string of the molecule is CCN(CCBr)c1ncccc1C. The van der Waals surface area contributed by atoms with Crippen molar-refractivity contribution < 1.29 is 0 Å². The van der Waals surface area contributed by atoms with E-state index in [1.807, 2.05) is 12.3 Å². The van der Waals surface area contributed by atoms with Crippen molar-refractivity contribution in [2.75, 3.05) is 23.3 Å². The van der Waals surface area contributed by atoms with Crippen molar-refractivity contribution in [2.24, 2.45) is 0 Å². The Morgan fingerprint density at radius 3 is 2.85 bits per heavy atom. The summed E-state index contributed by atoms with van der Waals surface area (Å²) < 4.78 is 0. The van der Waals surface area contributed by atoms with Crippen molar-refractivity contribution in [3.05, 3.63) is 23.9 Å². The maximum absolute atomic E-state index is 4.37. The molecular weight excluding hydrogens is 228 g/mol. The van der Waals surface area contributed by atoms with E-state index in [0.717, 1.165) is 24.2 Å². The Balaban J connectivity index is 2.84. The van der Waals surface area contributed by atoms with E-state index in [9.17, 15) is 0 Å². The highest BCUT2D eigenvalue weighted by Gasteiger charge is 2.06. The molecule has 0 unspecified atom stereocenters. The Labute approximate surface area is 88.1 Å². The molecule has 2 nitrogen and oxygen atoms in total. The van der Waals surface area contributed by atoms with Gasteiger partial charge in [-0.2, -0.15) is 0 Å². The fourth-order valence-electron chi connectivity index (χ4n) is 1.32. The monoisotopic (exact) mass is 242 g/mol. The summed E-state index contributed by atoms with van der Waals surface area (Å²) in [5.74, 6) is 1.10. The zero-order valence-corrected chi connectivity index (χ0v) is 9.71. The predicted octanol–water partition coefficient (Wildman–Crippen LogP) is 2.61. The maximum Gasteiger partial charge on any atom is 0.131 e. The third-order valence-corrected chi connectivity index (χ3v) is 2.37. The Hall–Kier alpha value is -0.570. The second-order valence-corrected chi connectivity index (χ2v) is 3.71. The normalized spacial score (nSPS) is 10.1. The Bertz CT molecular complexity index is 263. The van der Waals surface area contributed by atoms with Crippen molar-refractivity contribution in [3.63, 3.8) is 0 Å². The summed E-state index contributed by atoms with van der Waals surface area (Å²) >= 11 is 3.44. The van der Waals surface area contributed by atoms with Gasteiger partial charge in [-0.1, -0.05) is 22.0 Å². The highest BCUT2D eigenvalue weighted by atomic mass is 79.9. The Morgan fingerprint density at radius 1 is 1.54 bits per heavy atom. The average Bonchev–Trinajstić information content (AvgIpc) is 2.16. The molecule has 0 saturated carbocycles. The molecule has 1 heterocycles. The van der Waals surface area contributed by atoms with Crippen LogP contribution in [0, 0.1) is 6.92 Å². The van der Waals surface area contributed by atoms with Crippen LogP contribution in [-0.4, -0.2) is 23.4 Å². The average molecular weight is 243 g/mol. The van der Waals surface area contributed by atoms with Crippen LogP contribution in [0.1, 0.15) is 12.5 Å². The lowest BCUT2D eigenvalue weighted by Gasteiger charge is -2.22. The first-order chi connectivity index (χ1) is 6.29. The van der Waals surface area contributed by atoms with Gasteiger partial charge in [0.15, 0.2) is 0 Å². The molecule has 1 aromatic heterocycles. The molecule has 0 saturated heterocycles. The fraction of sp³-hybridized carbons (Fsp3) is 0.500. The van der Waals surface area contributed by atoms with E-state index in [-0.39, 0.29) is 0 Å². The van der Waals surface area contributed by atoms with Gasteiger partial charge < -0.3 is 4.90 Å². The first-order valence-corrected chi connectivity index (χ1v) is 5.64. The molecule has 0 aliphatic heterocycles. The van der Waals surface area contributed by atoms with Crippen LogP contribution < -0.4 is 4.90 Å². The molecule has 0 fully saturated rings. The lowest BCUT2D eigenvalue weighted by molar-refractivity contribution is 0.848. The standard InChI is InChI=1S/C10H15BrN2/c1-3-13(8-6-11)10-9(2)5-4-7-12-10/h4-5,7H,3,6,8H2,1-2H3. The summed E-state index contributed by atoms with van der Waals surface area (Å²) in [6.45, 7) is 6.26. The number of rotatable bonds is 4. The largest absolute Gasteiger partial charge is 0.356 e. The number of alkyl halides is 1. The Kier molecular flexibility index (Phi) is 4.22. The molecule has 0 aliphatic rings. The van der Waals surface area contributed by atoms with E-state index in [1.54, 1.807) is 0 Å². The van der Waals surface area contributed by atoms with E-state index in [2.05, 4.69) is 45.7 Å². The van der Waals surface area contributed by atoms with Gasteiger partial charge in [-0.25, -0.2) is 4.98 Å². The zero-order chi connectivity index (χ0) is 9.68. The number of pyridine rings is 1. The number of aryl methyl sites for hydroxylation is 1. The van der Waals surface area contributed by atoms with E-state index >= 15 is 0 Å². The number of hydrogen-bond acceptors (Lipinski definition) is 2. The van der Waals surface area contributed by atoms with Gasteiger partial charge in [-0.3, -0.25) is 0 Å². The summed E-state index contributed by atoms with van der Waals surface area (Å²) in [7, 11) is 0. The molecule has 0 radical (unpaired) electrons. The molecule has 0 aromatic carbocycles. The summed E-state index contributed by atoms with van der Waals surface area (Å²) in [6, 6.07) is 4.07. The maximum atomic E-state index is 4.37. The van der Waals surface area contributed by atoms with Gasteiger partial charge in [0, 0.05) is 24.6 Å². The predicted molar refractivity (Wildman–Crippen MR) is 60.7 cm³/mol. The molecule has 3 heteroatoms. The highest BCUT2D eigenvalue weighted by Crippen LogP contribution is 2.15. The number of nitrogens with zero attached hydrogens (tertiary/aromatic N) is 2. The molecule has 0 atom stereocenters. The van der Waals surface area contributed by atoms with Crippen LogP contribution in [0.15, 0.2) is 18.3 Å². The number of halogens is 1. The van der Waals surface area contributed by atoms with Crippen molar-refractivity contribution in [2.45, 2.75) is 13.8 Å².